The average Bonchev–Trinajstić information content (AvgIpc) is 2.78. The van der Waals surface area contributed by atoms with Crippen molar-refractivity contribution in [1.29, 1.82) is 0 Å². The van der Waals surface area contributed by atoms with Crippen molar-refractivity contribution in [3.63, 3.8) is 0 Å². The Morgan fingerprint density at radius 1 is 0.862 bits per heavy atom. The van der Waals surface area contributed by atoms with Crippen LogP contribution >= 0.6 is 0 Å². The first-order valence-corrected chi connectivity index (χ1v) is 9.46. The quantitative estimate of drug-likeness (QED) is 0.627. The maximum absolute atomic E-state index is 12.7. The van der Waals surface area contributed by atoms with Crippen LogP contribution in [-0.2, 0) is 0 Å². The summed E-state index contributed by atoms with van der Waals surface area (Å²) in [5.41, 5.74) is 2.54. The number of anilines is 1. The van der Waals surface area contributed by atoms with Gasteiger partial charge in [-0.05, 0) is 47.9 Å². The monoisotopic (exact) mass is 388 g/mol. The van der Waals surface area contributed by atoms with Gasteiger partial charge >= 0.3 is 0 Å². The van der Waals surface area contributed by atoms with E-state index in [4.69, 9.17) is 4.74 Å². The van der Waals surface area contributed by atoms with Crippen molar-refractivity contribution in [3.05, 3.63) is 95.6 Å². The van der Waals surface area contributed by atoms with E-state index in [0.29, 0.717) is 29.1 Å². The van der Waals surface area contributed by atoms with Gasteiger partial charge in [0.25, 0.3) is 11.8 Å². The van der Waals surface area contributed by atoms with Crippen LogP contribution in [0.15, 0.2) is 78.9 Å². The zero-order valence-corrected chi connectivity index (χ0v) is 16.5. The number of methoxy groups -OCH3 is 1. The van der Waals surface area contributed by atoms with E-state index in [9.17, 15) is 9.59 Å². The fourth-order valence-corrected chi connectivity index (χ4v) is 2.97. The van der Waals surface area contributed by atoms with E-state index in [1.807, 2.05) is 30.3 Å². The van der Waals surface area contributed by atoms with Gasteiger partial charge in [-0.3, -0.25) is 9.59 Å². The molecule has 0 aliphatic carbocycles. The lowest BCUT2D eigenvalue weighted by Gasteiger charge is -2.15. The third kappa shape index (κ3) is 5.23. The number of carbonyl (C=O) groups excluding carboxylic acids is 2. The largest absolute Gasteiger partial charge is 0.497 e. The topological polar surface area (TPSA) is 67.4 Å². The summed E-state index contributed by atoms with van der Waals surface area (Å²) in [5, 5.41) is 5.78. The fourth-order valence-electron chi connectivity index (χ4n) is 2.97. The number of nitrogens with one attached hydrogen (secondary N) is 2. The molecule has 0 heterocycles. The van der Waals surface area contributed by atoms with Crippen molar-refractivity contribution in [2.24, 2.45) is 0 Å². The predicted octanol–water partition coefficient (Wildman–Crippen LogP) is 4.48. The number of para-hydroxylation sites is 1. The van der Waals surface area contributed by atoms with Crippen LogP contribution in [0, 0.1) is 0 Å². The molecule has 0 saturated carbocycles. The minimum Gasteiger partial charge on any atom is -0.497 e. The Bertz CT molecular complexity index is 969. The minimum atomic E-state index is -0.287. The maximum Gasteiger partial charge on any atom is 0.255 e. The molecular formula is C24H24N2O3. The Morgan fingerprint density at radius 2 is 1.52 bits per heavy atom. The van der Waals surface area contributed by atoms with E-state index < -0.39 is 0 Å². The van der Waals surface area contributed by atoms with Crippen molar-refractivity contribution < 1.29 is 14.3 Å². The molecule has 3 aromatic carbocycles. The summed E-state index contributed by atoms with van der Waals surface area (Å²) in [7, 11) is 1.57. The first kappa shape index (κ1) is 20.1. The van der Waals surface area contributed by atoms with Gasteiger partial charge in [0, 0.05) is 12.1 Å². The number of benzene rings is 3. The number of rotatable bonds is 7. The molecule has 0 aromatic heterocycles. The number of ether oxygens (including phenoxy) is 1. The van der Waals surface area contributed by atoms with E-state index in [1.54, 1.807) is 55.6 Å². The molecule has 5 nitrogen and oxygen atoms in total. The molecule has 29 heavy (non-hydrogen) atoms. The SMILES string of the molecule is COc1ccc(C(=O)Nc2ccccc2C(=O)NC[C@@H](C)c2ccccc2)cc1. The van der Waals surface area contributed by atoms with Gasteiger partial charge in [0.1, 0.15) is 5.75 Å². The molecule has 0 bridgehead atoms. The standard InChI is InChI=1S/C24H24N2O3/c1-17(18-8-4-3-5-9-18)16-25-24(28)21-10-6-7-11-22(21)26-23(27)19-12-14-20(29-2)15-13-19/h3-15,17H,16H2,1-2H3,(H,25,28)(H,26,27)/t17-/m1/s1. The molecule has 1 atom stereocenters. The molecule has 3 aromatic rings. The molecule has 0 unspecified atom stereocenters. The Balaban J connectivity index is 1.67. The van der Waals surface area contributed by atoms with Crippen LogP contribution in [0.1, 0.15) is 39.1 Å². The molecule has 3 rings (SSSR count). The van der Waals surface area contributed by atoms with Crippen LogP contribution in [0.25, 0.3) is 0 Å². The molecule has 5 heteroatoms. The van der Waals surface area contributed by atoms with E-state index >= 15 is 0 Å². The first-order valence-electron chi connectivity index (χ1n) is 9.46. The number of hydrogen-bond donors (Lipinski definition) is 2. The van der Waals surface area contributed by atoms with Gasteiger partial charge in [-0.1, -0.05) is 49.4 Å². The Kier molecular flexibility index (Phi) is 6.63. The second-order valence-electron chi connectivity index (χ2n) is 6.75. The number of hydrogen-bond acceptors (Lipinski definition) is 3. The van der Waals surface area contributed by atoms with Crippen LogP contribution in [0.5, 0.6) is 5.75 Å². The summed E-state index contributed by atoms with van der Waals surface area (Å²) < 4.78 is 5.11. The lowest BCUT2D eigenvalue weighted by atomic mass is 10.0. The average molecular weight is 388 g/mol. The molecule has 0 saturated heterocycles. The minimum absolute atomic E-state index is 0.182. The van der Waals surface area contributed by atoms with Crippen LogP contribution in [0.2, 0.25) is 0 Å². The summed E-state index contributed by atoms with van der Waals surface area (Å²) in [6.07, 6.45) is 0. The highest BCUT2D eigenvalue weighted by Crippen LogP contribution is 2.19. The predicted molar refractivity (Wildman–Crippen MR) is 115 cm³/mol. The Hall–Kier alpha value is -3.60. The molecular weight excluding hydrogens is 364 g/mol. The summed E-state index contributed by atoms with van der Waals surface area (Å²) in [6.45, 7) is 2.57. The molecule has 0 spiro atoms. The molecule has 0 aliphatic rings. The van der Waals surface area contributed by atoms with Gasteiger partial charge in [0.05, 0.1) is 18.4 Å². The van der Waals surface area contributed by atoms with E-state index in [0.717, 1.165) is 5.56 Å². The number of amides is 2. The zero-order valence-electron chi connectivity index (χ0n) is 16.5. The van der Waals surface area contributed by atoms with Crippen LogP contribution in [-0.4, -0.2) is 25.5 Å². The van der Waals surface area contributed by atoms with Gasteiger partial charge in [0.15, 0.2) is 0 Å². The van der Waals surface area contributed by atoms with Gasteiger partial charge < -0.3 is 15.4 Å². The zero-order chi connectivity index (χ0) is 20.6. The molecule has 2 amide bonds. The van der Waals surface area contributed by atoms with Crippen molar-refractivity contribution in [3.8, 4) is 5.75 Å². The molecule has 148 valence electrons. The summed E-state index contributed by atoms with van der Waals surface area (Å²) >= 11 is 0. The van der Waals surface area contributed by atoms with Gasteiger partial charge in [-0.2, -0.15) is 0 Å². The Morgan fingerprint density at radius 3 is 2.21 bits per heavy atom. The van der Waals surface area contributed by atoms with Gasteiger partial charge in [0.2, 0.25) is 0 Å². The fraction of sp³-hybridized carbons (Fsp3) is 0.167. The second kappa shape index (κ2) is 9.55. The molecule has 2 N–H and O–H groups in total. The normalized spacial score (nSPS) is 11.4. The van der Waals surface area contributed by atoms with Crippen LogP contribution < -0.4 is 15.4 Å². The van der Waals surface area contributed by atoms with E-state index in [2.05, 4.69) is 17.6 Å². The highest BCUT2D eigenvalue weighted by Gasteiger charge is 2.15. The Labute approximate surface area is 170 Å². The molecule has 0 fully saturated rings. The highest BCUT2D eigenvalue weighted by atomic mass is 16.5. The molecule has 0 radical (unpaired) electrons. The maximum atomic E-state index is 12.7. The van der Waals surface area contributed by atoms with Gasteiger partial charge in [-0.15, -0.1) is 0 Å². The van der Waals surface area contributed by atoms with Crippen LogP contribution in [0.4, 0.5) is 5.69 Å². The van der Waals surface area contributed by atoms with Crippen molar-refractivity contribution in [2.75, 3.05) is 19.0 Å². The highest BCUT2D eigenvalue weighted by molar-refractivity contribution is 6.09. The van der Waals surface area contributed by atoms with Crippen molar-refractivity contribution in [2.45, 2.75) is 12.8 Å². The molecule has 0 aliphatic heterocycles. The van der Waals surface area contributed by atoms with Crippen molar-refractivity contribution in [1.82, 2.24) is 5.32 Å². The number of carbonyl (C=O) groups is 2. The lowest BCUT2D eigenvalue weighted by Crippen LogP contribution is -2.28. The summed E-state index contributed by atoms with van der Waals surface area (Å²) in [6, 6.07) is 23.8. The second-order valence-corrected chi connectivity index (χ2v) is 6.75. The van der Waals surface area contributed by atoms with Gasteiger partial charge in [-0.25, -0.2) is 0 Å². The van der Waals surface area contributed by atoms with E-state index in [-0.39, 0.29) is 17.7 Å². The van der Waals surface area contributed by atoms with E-state index in [1.165, 1.54) is 0 Å². The van der Waals surface area contributed by atoms with Crippen LogP contribution in [0.3, 0.4) is 0 Å². The lowest BCUT2D eigenvalue weighted by molar-refractivity contribution is 0.0952. The summed E-state index contributed by atoms with van der Waals surface area (Å²) in [5.74, 6) is 0.346. The third-order valence-electron chi connectivity index (χ3n) is 4.71. The third-order valence-corrected chi connectivity index (χ3v) is 4.71. The first-order chi connectivity index (χ1) is 14.1. The smallest absolute Gasteiger partial charge is 0.255 e. The summed E-state index contributed by atoms with van der Waals surface area (Å²) in [4.78, 5) is 25.3. The van der Waals surface area contributed by atoms with Crippen molar-refractivity contribution >= 4 is 17.5 Å².